The van der Waals surface area contributed by atoms with Crippen LogP contribution >= 0.6 is 0 Å². The smallest absolute Gasteiger partial charge is 0.167 e. The number of para-hydroxylation sites is 2. The Kier molecular flexibility index (Phi) is 6.79. The summed E-state index contributed by atoms with van der Waals surface area (Å²) in [5.74, 6) is 1.68. The maximum Gasteiger partial charge on any atom is 0.167 e. The minimum atomic E-state index is 0.539. The molecule has 0 atom stereocenters. The van der Waals surface area contributed by atoms with Gasteiger partial charge in [-0.1, -0.05) is 140 Å². The highest BCUT2D eigenvalue weighted by Gasteiger charge is 2.22. The molecule has 0 fully saturated rings. The van der Waals surface area contributed by atoms with Crippen molar-refractivity contribution in [3.05, 3.63) is 176 Å². The number of hydrogen-bond donors (Lipinski definition) is 0. The largest absolute Gasteiger partial charge is 0.456 e. The number of aromatic nitrogens is 3. The molecule has 54 heavy (non-hydrogen) atoms. The van der Waals surface area contributed by atoms with Gasteiger partial charge in [0.1, 0.15) is 22.3 Å². The molecule has 0 saturated heterocycles. The molecule has 0 radical (unpaired) electrons. The highest BCUT2D eigenvalue weighted by molar-refractivity contribution is 6.18. The number of hydrogen-bond acceptors (Lipinski definition) is 5. The van der Waals surface area contributed by atoms with E-state index in [0.717, 1.165) is 71.7 Å². The van der Waals surface area contributed by atoms with Crippen molar-refractivity contribution in [2.45, 2.75) is 0 Å². The zero-order valence-corrected chi connectivity index (χ0v) is 28.9. The lowest BCUT2D eigenvalue weighted by atomic mass is 9.94. The first kappa shape index (κ1) is 30.3. The van der Waals surface area contributed by atoms with Gasteiger partial charge < -0.3 is 8.83 Å². The lowest BCUT2D eigenvalue weighted by Crippen LogP contribution is -2.00. The lowest BCUT2D eigenvalue weighted by molar-refractivity contribution is 0.668. The van der Waals surface area contributed by atoms with E-state index in [1.807, 2.05) is 84.9 Å². The fourth-order valence-corrected chi connectivity index (χ4v) is 7.77. The van der Waals surface area contributed by atoms with Crippen LogP contribution in [0.4, 0.5) is 0 Å². The van der Waals surface area contributed by atoms with Gasteiger partial charge in [-0.2, -0.15) is 0 Å². The van der Waals surface area contributed by atoms with Crippen molar-refractivity contribution in [2.75, 3.05) is 0 Å². The summed E-state index contributed by atoms with van der Waals surface area (Å²) >= 11 is 0. The fraction of sp³-hybridized carbons (Fsp3) is 0. The summed E-state index contributed by atoms with van der Waals surface area (Å²) in [5, 5.41) is 6.41. The van der Waals surface area contributed by atoms with E-state index in [-0.39, 0.29) is 0 Å². The molecule has 0 spiro atoms. The van der Waals surface area contributed by atoms with E-state index in [0.29, 0.717) is 17.5 Å². The van der Waals surface area contributed by atoms with Crippen LogP contribution in [0.5, 0.6) is 0 Å². The topological polar surface area (TPSA) is 65.0 Å². The highest BCUT2D eigenvalue weighted by Crippen LogP contribution is 2.42. The zero-order valence-electron chi connectivity index (χ0n) is 28.9. The molecule has 5 heteroatoms. The predicted molar refractivity (Wildman–Crippen MR) is 219 cm³/mol. The minimum absolute atomic E-state index is 0.539. The van der Waals surface area contributed by atoms with Gasteiger partial charge in [-0.25, -0.2) is 15.0 Å². The SMILES string of the molecule is c1ccc(-c2ccc3ccc(-c4cccc5oc6cccc(-c7nc(-c8ccccc8)nc(-c8cccc9c8oc8ccccc89)n7)c6c45)cc3c2)cc1. The van der Waals surface area contributed by atoms with Crippen molar-refractivity contribution in [3.8, 4) is 56.4 Å². The Bertz CT molecular complexity index is 3220. The summed E-state index contributed by atoms with van der Waals surface area (Å²) in [6.07, 6.45) is 0. The molecule has 3 aromatic heterocycles. The molecule has 3 heterocycles. The quantitative estimate of drug-likeness (QED) is 0.180. The Hall–Kier alpha value is -7.37. The first-order chi connectivity index (χ1) is 26.7. The number of fused-ring (bicyclic) bond motifs is 7. The highest BCUT2D eigenvalue weighted by atomic mass is 16.3. The molecule has 0 aliphatic heterocycles. The van der Waals surface area contributed by atoms with E-state index in [2.05, 4.69) is 91.0 Å². The van der Waals surface area contributed by atoms with E-state index in [1.54, 1.807) is 0 Å². The van der Waals surface area contributed by atoms with Crippen LogP contribution in [0.2, 0.25) is 0 Å². The van der Waals surface area contributed by atoms with Gasteiger partial charge in [-0.3, -0.25) is 0 Å². The predicted octanol–water partition coefficient (Wildman–Crippen LogP) is 13.2. The number of benzene rings is 8. The minimum Gasteiger partial charge on any atom is -0.456 e. The Morgan fingerprint density at radius 3 is 1.67 bits per heavy atom. The molecule has 0 unspecified atom stereocenters. The molecule has 0 aliphatic rings. The molecule has 5 nitrogen and oxygen atoms in total. The maximum atomic E-state index is 6.58. The normalized spacial score (nSPS) is 11.7. The molecule has 0 amide bonds. The van der Waals surface area contributed by atoms with Gasteiger partial charge in [0, 0.05) is 32.7 Å². The van der Waals surface area contributed by atoms with Crippen molar-refractivity contribution < 1.29 is 8.83 Å². The van der Waals surface area contributed by atoms with Crippen LogP contribution in [0, 0.1) is 0 Å². The summed E-state index contributed by atoms with van der Waals surface area (Å²) in [7, 11) is 0. The standard InChI is InChI=1S/C49H29N3O2/c1-3-12-30(13-4-1)33-26-24-31-25-27-34(29-35(31)28-33)36-17-10-22-42-44(36)45-39(19-11-23-43(45)53-42)48-50-47(32-14-5-2-6-15-32)51-49(52-48)40-20-9-18-38-37-16-7-8-21-41(37)54-46(38)40/h1-29H. The van der Waals surface area contributed by atoms with Crippen LogP contribution in [0.25, 0.3) is 111 Å². The van der Waals surface area contributed by atoms with Crippen molar-refractivity contribution in [1.29, 1.82) is 0 Å². The third-order valence-corrected chi connectivity index (χ3v) is 10.3. The molecule has 8 aromatic carbocycles. The summed E-state index contributed by atoms with van der Waals surface area (Å²) in [6, 6.07) is 60.5. The second kappa shape index (κ2) is 12.1. The van der Waals surface area contributed by atoms with Gasteiger partial charge >= 0.3 is 0 Å². The Morgan fingerprint density at radius 1 is 0.315 bits per heavy atom. The van der Waals surface area contributed by atoms with Crippen molar-refractivity contribution in [2.24, 2.45) is 0 Å². The van der Waals surface area contributed by atoms with Crippen LogP contribution in [0.15, 0.2) is 185 Å². The summed E-state index contributed by atoms with van der Waals surface area (Å²) in [4.78, 5) is 15.4. The molecule has 0 aliphatic carbocycles. The fourth-order valence-electron chi connectivity index (χ4n) is 7.77. The summed E-state index contributed by atoms with van der Waals surface area (Å²) < 4.78 is 13.0. The molecule has 0 N–H and O–H groups in total. The van der Waals surface area contributed by atoms with Crippen molar-refractivity contribution >= 4 is 54.6 Å². The van der Waals surface area contributed by atoms with Crippen LogP contribution in [-0.2, 0) is 0 Å². The molecule has 0 bridgehead atoms. The summed E-state index contributed by atoms with van der Waals surface area (Å²) in [5.41, 5.74) is 10.3. The van der Waals surface area contributed by atoms with Gasteiger partial charge in [0.15, 0.2) is 17.5 Å². The van der Waals surface area contributed by atoms with Crippen molar-refractivity contribution in [3.63, 3.8) is 0 Å². The summed E-state index contributed by atoms with van der Waals surface area (Å²) in [6.45, 7) is 0. The van der Waals surface area contributed by atoms with Gasteiger partial charge in [0.05, 0.1) is 5.56 Å². The average molecular weight is 692 g/mol. The van der Waals surface area contributed by atoms with Crippen LogP contribution < -0.4 is 0 Å². The second-order valence-electron chi connectivity index (χ2n) is 13.6. The van der Waals surface area contributed by atoms with E-state index in [4.69, 9.17) is 23.8 Å². The van der Waals surface area contributed by atoms with Crippen LogP contribution in [0.1, 0.15) is 0 Å². The molecular formula is C49H29N3O2. The molecule has 11 rings (SSSR count). The van der Waals surface area contributed by atoms with Crippen LogP contribution in [-0.4, -0.2) is 15.0 Å². The van der Waals surface area contributed by atoms with Crippen LogP contribution in [0.3, 0.4) is 0 Å². The molecule has 252 valence electrons. The number of rotatable bonds is 5. The Balaban J connectivity index is 1.14. The van der Waals surface area contributed by atoms with E-state index >= 15 is 0 Å². The molecule has 0 saturated carbocycles. The Morgan fingerprint density at radius 2 is 0.870 bits per heavy atom. The van der Waals surface area contributed by atoms with Gasteiger partial charge in [-0.15, -0.1) is 0 Å². The van der Waals surface area contributed by atoms with E-state index in [1.165, 1.54) is 21.9 Å². The third-order valence-electron chi connectivity index (χ3n) is 10.3. The van der Waals surface area contributed by atoms with Crippen molar-refractivity contribution in [1.82, 2.24) is 15.0 Å². The lowest BCUT2D eigenvalue weighted by Gasteiger charge is -2.11. The Labute approximate surface area is 309 Å². The third kappa shape index (κ3) is 4.90. The van der Waals surface area contributed by atoms with Gasteiger partial charge in [0.25, 0.3) is 0 Å². The first-order valence-corrected chi connectivity index (χ1v) is 18.0. The first-order valence-electron chi connectivity index (χ1n) is 18.0. The number of furan rings is 2. The zero-order chi connectivity index (χ0) is 35.6. The monoisotopic (exact) mass is 691 g/mol. The maximum absolute atomic E-state index is 6.58. The molecular weight excluding hydrogens is 663 g/mol. The van der Waals surface area contributed by atoms with E-state index < -0.39 is 0 Å². The second-order valence-corrected chi connectivity index (χ2v) is 13.6. The van der Waals surface area contributed by atoms with E-state index in [9.17, 15) is 0 Å². The molecule has 11 aromatic rings. The number of nitrogens with zero attached hydrogens (tertiary/aromatic N) is 3. The van der Waals surface area contributed by atoms with Gasteiger partial charge in [-0.05, 0) is 69.4 Å². The average Bonchev–Trinajstić information content (AvgIpc) is 3.83. The van der Waals surface area contributed by atoms with Gasteiger partial charge in [0.2, 0.25) is 0 Å².